The summed E-state index contributed by atoms with van der Waals surface area (Å²) < 4.78 is 0. The minimum absolute atomic E-state index is 0.138. The zero-order chi connectivity index (χ0) is 23.2. The second-order valence-electron chi connectivity index (χ2n) is 7.52. The Morgan fingerprint density at radius 2 is 1.45 bits per heavy atom. The molecule has 2 N–H and O–H groups in total. The molecule has 0 fully saturated rings. The Hall–Kier alpha value is -4.33. The number of nitrogens with one attached hydrogen (secondary N) is 2. The van der Waals surface area contributed by atoms with Crippen LogP contribution in [0.3, 0.4) is 0 Å². The van der Waals surface area contributed by atoms with Gasteiger partial charge in [0, 0.05) is 31.9 Å². The largest absolute Gasteiger partial charge is 0.353 e. The Labute approximate surface area is 190 Å². The molecular weight excluding hydrogens is 420 g/mol. The minimum atomic E-state index is -1.02. The van der Waals surface area contributed by atoms with Crippen LogP contribution in [0, 0.1) is 0 Å². The monoisotopic (exact) mass is 442 g/mol. The van der Waals surface area contributed by atoms with Crippen molar-refractivity contribution in [3.8, 4) is 0 Å². The highest BCUT2D eigenvalue weighted by Gasteiger charge is 2.42. The lowest BCUT2D eigenvalue weighted by Crippen LogP contribution is -2.51. The highest BCUT2D eigenvalue weighted by molar-refractivity contribution is 6.22. The van der Waals surface area contributed by atoms with E-state index in [4.69, 9.17) is 0 Å². The first-order chi connectivity index (χ1) is 16.1. The van der Waals surface area contributed by atoms with Gasteiger partial charge in [-0.3, -0.25) is 29.1 Å². The Morgan fingerprint density at radius 1 is 0.818 bits per heavy atom. The second-order valence-corrected chi connectivity index (χ2v) is 7.52. The van der Waals surface area contributed by atoms with Crippen molar-refractivity contribution >= 4 is 23.6 Å². The summed E-state index contributed by atoms with van der Waals surface area (Å²) in [4.78, 5) is 56.1. The highest BCUT2D eigenvalue weighted by Crippen LogP contribution is 2.26. The van der Waals surface area contributed by atoms with Crippen LogP contribution in [0.15, 0.2) is 79.1 Å². The maximum absolute atomic E-state index is 13.1. The normalized spacial score (nSPS) is 13.4. The van der Waals surface area contributed by atoms with E-state index in [1.54, 1.807) is 42.6 Å². The number of carbonyl (C=O) groups excluding carboxylic acids is 4. The number of hydrogen-bond acceptors (Lipinski definition) is 5. The van der Waals surface area contributed by atoms with Crippen molar-refractivity contribution in [3.63, 3.8) is 0 Å². The lowest BCUT2D eigenvalue weighted by molar-refractivity contribution is -0.125. The molecule has 1 aliphatic rings. The van der Waals surface area contributed by atoms with Gasteiger partial charge in [-0.05, 0) is 29.8 Å². The summed E-state index contributed by atoms with van der Waals surface area (Å²) in [5, 5.41) is 5.44. The fourth-order valence-electron chi connectivity index (χ4n) is 3.71. The van der Waals surface area contributed by atoms with E-state index >= 15 is 0 Å². The summed E-state index contributed by atoms with van der Waals surface area (Å²) in [5.41, 5.74) is 1.81. The van der Waals surface area contributed by atoms with E-state index in [1.165, 1.54) is 6.20 Å². The predicted molar refractivity (Wildman–Crippen MR) is 120 cm³/mol. The number of carbonyl (C=O) groups is 4. The van der Waals surface area contributed by atoms with Gasteiger partial charge >= 0.3 is 0 Å². The van der Waals surface area contributed by atoms with Crippen LogP contribution in [-0.2, 0) is 11.2 Å². The molecule has 8 heteroatoms. The minimum Gasteiger partial charge on any atom is -0.353 e. The van der Waals surface area contributed by atoms with Crippen molar-refractivity contribution in [3.05, 3.63) is 101 Å². The summed E-state index contributed by atoms with van der Waals surface area (Å²) in [6.45, 7) is 0.318. The summed E-state index contributed by atoms with van der Waals surface area (Å²) in [6, 6.07) is 18.0. The Bertz CT molecular complexity index is 1150. The molecule has 0 saturated carbocycles. The van der Waals surface area contributed by atoms with Crippen LogP contribution in [0.4, 0.5) is 0 Å². The molecule has 1 unspecified atom stereocenters. The van der Waals surface area contributed by atoms with Crippen molar-refractivity contribution in [2.24, 2.45) is 0 Å². The van der Waals surface area contributed by atoms with Crippen molar-refractivity contribution in [2.75, 3.05) is 13.1 Å². The first kappa shape index (κ1) is 21.9. The third-order valence-electron chi connectivity index (χ3n) is 5.35. The predicted octanol–water partition coefficient (Wildman–Crippen LogP) is 1.84. The van der Waals surface area contributed by atoms with Crippen LogP contribution < -0.4 is 10.6 Å². The van der Waals surface area contributed by atoms with E-state index < -0.39 is 23.8 Å². The van der Waals surface area contributed by atoms with Crippen LogP contribution >= 0.6 is 0 Å². The summed E-state index contributed by atoms with van der Waals surface area (Å²) in [5.74, 6) is -1.75. The number of imide groups is 1. The number of rotatable bonds is 8. The smallest absolute Gasteiger partial charge is 0.262 e. The number of nitrogens with zero attached hydrogens (tertiary/aromatic N) is 2. The van der Waals surface area contributed by atoms with Crippen LogP contribution in [-0.4, -0.2) is 52.6 Å². The van der Waals surface area contributed by atoms with E-state index in [0.29, 0.717) is 5.56 Å². The molecule has 2 aromatic carbocycles. The fraction of sp³-hybridized carbons (Fsp3) is 0.160. The number of amides is 4. The number of pyridine rings is 1. The Balaban J connectivity index is 1.45. The molecule has 4 rings (SSSR count). The van der Waals surface area contributed by atoms with Gasteiger partial charge in [0.2, 0.25) is 5.91 Å². The second kappa shape index (κ2) is 9.86. The molecule has 33 heavy (non-hydrogen) atoms. The lowest BCUT2D eigenvalue weighted by Gasteiger charge is -2.25. The van der Waals surface area contributed by atoms with E-state index in [2.05, 4.69) is 15.6 Å². The molecular formula is C25H22N4O4. The topological polar surface area (TPSA) is 108 Å². The van der Waals surface area contributed by atoms with Gasteiger partial charge in [-0.25, -0.2) is 0 Å². The van der Waals surface area contributed by atoms with Gasteiger partial charge in [-0.2, -0.15) is 0 Å². The lowest BCUT2D eigenvalue weighted by atomic mass is 10.0. The number of hydrogen-bond donors (Lipinski definition) is 2. The third kappa shape index (κ3) is 4.79. The molecule has 1 atom stereocenters. The van der Waals surface area contributed by atoms with Crippen LogP contribution in [0.5, 0.6) is 0 Å². The maximum Gasteiger partial charge on any atom is 0.262 e. The molecule has 1 aromatic heterocycles. The molecule has 0 radical (unpaired) electrons. The highest BCUT2D eigenvalue weighted by atomic mass is 16.2. The van der Waals surface area contributed by atoms with Gasteiger partial charge in [0.05, 0.1) is 16.7 Å². The summed E-state index contributed by atoms with van der Waals surface area (Å²) in [6.07, 6.45) is 3.20. The van der Waals surface area contributed by atoms with Gasteiger partial charge in [0.1, 0.15) is 6.04 Å². The number of aromatic nitrogens is 1. The van der Waals surface area contributed by atoms with Gasteiger partial charge in [-0.15, -0.1) is 0 Å². The molecule has 3 aromatic rings. The Kier molecular flexibility index (Phi) is 6.54. The molecule has 1 aliphatic heterocycles. The molecule has 166 valence electrons. The first-order valence-electron chi connectivity index (χ1n) is 10.5. The number of benzene rings is 2. The van der Waals surface area contributed by atoms with E-state index in [1.807, 2.05) is 30.3 Å². The molecule has 0 spiro atoms. The SMILES string of the molecule is O=C(NCCNC(=O)C(Cc1ccccc1)N1C(=O)c2ccccc2C1=O)c1cccnc1. The summed E-state index contributed by atoms with van der Waals surface area (Å²) >= 11 is 0. The van der Waals surface area contributed by atoms with Crippen LogP contribution in [0.1, 0.15) is 36.6 Å². The molecule has 0 aliphatic carbocycles. The van der Waals surface area contributed by atoms with Crippen molar-refractivity contribution in [1.29, 1.82) is 0 Å². The molecule has 8 nitrogen and oxygen atoms in total. The van der Waals surface area contributed by atoms with Gasteiger partial charge in [0.25, 0.3) is 17.7 Å². The Morgan fingerprint density at radius 3 is 2.09 bits per heavy atom. The molecule has 0 saturated heterocycles. The molecule has 0 bridgehead atoms. The quantitative estimate of drug-likeness (QED) is 0.409. The van der Waals surface area contributed by atoms with Gasteiger partial charge in [-0.1, -0.05) is 42.5 Å². The van der Waals surface area contributed by atoms with E-state index in [-0.39, 0.29) is 36.5 Å². The third-order valence-corrected chi connectivity index (χ3v) is 5.35. The standard InChI is InChI=1S/C25H22N4O4/c30-22(18-9-6-12-26-16-18)27-13-14-28-23(31)21(15-17-7-2-1-3-8-17)29-24(32)19-10-4-5-11-20(19)25(29)33/h1-12,16,21H,13-15H2,(H,27,30)(H,28,31). The average molecular weight is 442 g/mol. The average Bonchev–Trinajstić information content (AvgIpc) is 3.11. The van der Waals surface area contributed by atoms with Crippen LogP contribution in [0.2, 0.25) is 0 Å². The summed E-state index contributed by atoms with van der Waals surface area (Å²) in [7, 11) is 0. The van der Waals surface area contributed by atoms with Gasteiger partial charge < -0.3 is 10.6 Å². The molecule has 2 heterocycles. The van der Waals surface area contributed by atoms with Crippen LogP contribution in [0.25, 0.3) is 0 Å². The van der Waals surface area contributed by atoms with Gasteiger partial charge in [0.15, 0.2) is 0 Å². The van der Waals surface area contributed by atoms with Crippen molar-refractivity contribution in [2.45, 2.75) is 12.5 Å². The first-order valence-corrected chi connectivity index (χ1v) is 10.5. The fourth-order valence-corrected chi connectivity index (χ4v) is 3.71. The zero-order valence-electron chi connectivity index (χ0n) is 17.7. The number of fused-ring (bicyclic) bond motifs is 1. The van der Waals surface area contributed by atoms with E-state index in [0.717, 1.165) is 10.5 Å². The van der Waals surface area contributed by atoms with E-state index in [9.17, 15) is 19.2 Å². The maximum atomic E-state index is 13.1. The zero-order valence-corrected chi connectivity index (χ0v) is 17.7. The van der Waals surface area contributed by atoms with Crippen molar-refractivity contribution in [1.82, 2.24) is 20.5 Å². The molecule has 4 amide bonds. The van der Waals surface area contributed by atoms with Crippen molar-refractivity contribution < 1.29 is 19.2 Å².